The molecule has 6 nitrogen and oxygen atoms in total. The predicted octanol–water partition coefficient (Wildman–Crippen LogP) is -2.78. The van der Waals surface area contributed by atoms with Crippen LogP contribution in [0.25, 0.3) is 0 Å². The maximum atomic E-state index is 8.84. The molecule has 0 aliphatic carbocycles. The second-order valence-corrected chi connectivity index (χ2v) is 2.84. The molecule has 0 heterocycles. The molecule has 0 aromatic carbocycles. The molecular weight excluding hydrogens is 412 g/mol. The van der Waals surface area contributed by atoms with Gasteiger partial charge in [0.15, 0.2) is 0 Å². The fourth-order valence-corrected chi connectivity index (χ4v) is 0. The maximum absolute atomic E-state index is 8.84. The molecule has 0 radical (unpaired) electrons. The molecule has 0 atom stereocenters. The van der Waals surface area contributed by atoms with Crippen molar-refractivity contribution in [1.29, 1.82) is 0 Å². The van der Waals surface area contributed by atoms with Gasteiger partial charge in [0.05, 0.1) is 0 Å². The third kappa shape index (κ3) is 93.7. The fraction of sp³-hybridized carbons (Fsp3) is 0. The summed E-state index contributed by atoms with van der Waals surface area (Å²) >= 11 is -7.38. The van der Waals surface area contributed by atoms with Crippen molar-refractivity contribution in [2.45, 2.75) is 0 Å². The first kappa shape index (κ1) is 23.6. The second kappa shape index (κ2) is 18.6. The normalized spacial score (nSPS) is 5.20. The van der Waals surface area contributed by atoms with E-state index >= 15 is 0 Å². The van der Waals surface area contributed by atoms with Gasteiger partial charge in [-0.1, -0.05) is 0 Å². The van der Waals surface area contributed by atoms with E-state index in [0.29, 0.717) is 0 Å². The van der Waals surface area contributed by atoms with Crippen LogP contribution in [-0.4, -0.2) is 100 Å². The van der Waals surface area contributed by atoms with Gasteiger partial charge in [-0.3, -0.25) is 0 Å². The Morgan fingerprint density at radius 3 is 1.30 bits per heavy atom. The van der Waals surface area contributed by atoms with Crippen molar-refractivity contribution < 1.29 is 66.8 Å². The zero-order valence-electron chi connectivity index (χ0n) is 9.02. The topological polar surface area (TPSA) is 115 Å². The van der Waals surface area contributed by atoms with Crippen LogP contribution in [0, 0.1) is 0 Å². The summed E-state index contributed by atoms with van der Waals surface area (Å²) < 4.78 is 46.6. The fourth-order valence-electron chi connectivity index (χ4n) is 0. The van der Waals surface area contributed by atoms with Crippen LogP contribution in [0.5, 0.6) is 0 Å². The number of rotatable bonds is 0. The van der Waals surface area contributed by atoms with Crippen LogP contribution < -0.4 is 0 Å². The van der Waals surface area contributed by atoms with E-state index in [1.165, 1.54) is 0 Å². The summed E-state index contributed by atoms with van der Waals surface area (Å²) in [5.41, 5.74) is 0. The molecule has 0 bridgehead atoms. The van der Waals surface area contributed by atoms with Crippen molar-refractivity contribution in [2.75, 3.05) is 0 Å². The van der Waals surface area contributed by atoms with Gasteiger partial charge in [0.2, 0.25) is 0 Å². The van der Waals surface area contributed by atoms with E-state index in [-0.39, 0.29) is 92.3 Å². The van der Waals surface area contributed by atoms with Crippen LogP contribution in [0.15, 0.2) is 0 Å². The molecule has 4 N–H and O–H groups in total. The van der Waals surface area contributed by atoms with Crippen LogP contribution >= 0.6 is 0 Å². The average molecular weight is 421 g/mol. The second-order valence-electron chi connectivity index (χ2n) is 0.565. The van der Waals surface area contributed by atoms with Crippen LogP contribution in [0.4, 0.5) is 0 Å². The summed E-state index contributed by atoms with van der Waals surface area (Å²) in [5.74, 6) is 0. The third-order valence-corrected chi connectivity index (χ3v) is 0. The van der Waals surface area contributed by atoms with Crippen LogP contribution in [0.2, 0.25) is 0 Å². The molecule has 0 aromatic heterocycles. The van der Waals surface area contributed by atoms with Gasteiger partial charge in [-0.2, -0.15) is 0 Å². The Balaban J connectivity index is -0.00000000600. The zero-order chi connectivity index (χ0) is 7.15. The molecule has 0 aliphatic rings. The van der Waals surface area contributed by atoms with E-state index in [9.17, 15) is 0 Å². The number of hydrogen-bond acceptors (Lipinski definition) is 2. The Kier molecular flexibility index (Phi) is 43.9. The summed E-state index contributed by atoms with van der Waals surface area (Å²) in [6.07, 6.45) is 0. The Labute approximate surface area is 149 Å². The Morgan fingerprint density at radius 2 is 1.30 bits per heavy atom. The first-order chi connectivity index (χ1) is 3.46. The molecule has 0 amide bonds. The van der Waals surface area contributed by atoms with E-state index in [4.69, 9.17) is 19.9 Å². The molecule has 0 spiro atoms. The predicted molar refractivity (Wildman–Crippen MR) is 26.2 cm³/mol. The molecule has 0 rings (SSSR count). The van der Waals surface area contributed by atoms with Gasteiger partial charge in [0, 0.05) is 0 Å². The van der Waals surface area contributed by atoms with E-state index in [1.807, 2.05) is 0 Å². The van der Waals surface area contributed by atoms with Crippen molar-refractivity contribution in [3.8, 4) is 0 Å². The molecule has 0 saturated carbocycles. The zero-order valence-corrected chi connectivity index (χ0v) is 15.7. The molecule has 0 fully saturated rings. The molecule has 56 valence electrons. The van der Waals surface area contributed by atoms with Crippen molar-refractivity contribution in [3.63, 3.8) is 0 Å². The van der Waals surface area contributed by atoms with Gasteiger partial charge in [-0.05, 0) is 0 Å². The summed E-state index contributed by atoms with van der Waals surface area (Å²) in [6.45, 7) is 0. The van der Waals surface area contributed by atoms with Crippen molar-refractivity contribution in [2.24, 2.45) is 0 Å². The summed E-state index contributed by atoms with van der Waals surface area (Å²) in [7, 11) is 0. The molecule has 0 aromatic rings. The quantitative estimate of drug-likeness (QED) is 0.315. The third-order valence-electron chi connectivity index (χ3n) is 0. The molecule has 0 aliphatic heterocycles. The van der Waals surface area contributed by atoms with Gasteiger partial charge < -0.3 is 5.71 Å². The summed E-state index contributed by atoms with van der Waals surface area (Å²) in [5, 5.41) is 0. The van der Waals surface area contributed by atoms with E-state index in [0.717, 1.165) is 0 Å². The standard InChI is InChI=1S/Ba.Ca.4H2O.2O.Ti.Zr.4H/h;;4*1H2;;;;;;;;/q2*+2;;;;;;;2*+2;4*-1/p-4. The Hall–Kier alpha value is 3.87. The van der Waals surface area contributed by atoms with E-state index < -0.39 is 41.3 Å². The number of hydrogen-bond donors (Lipinski definition) is 4. The monoisotopic (exact) mass is 420 g/mol. The Morgan fingerprint density at radius 1 is 1.30 bits per heavy atom. The molecular formula is H8BaCaO6TiZr. The van der Waals surface area contributed by atoms with Gasteiger partial charge in [-0.25, -0.2) is 0 Å². The van der Waals surface area contributed by atoms with Gasteiger partial charge >= 0.3 is 148 Å². The molecule has 10 heteroatoms. The first-order valence-corrected chi connectivity index (χ1v) is 6.54. The SMILES string of the molecule is [Ba+2].[Ca+2].[H-].[H-].[H-].[H-].[O]=[Ti]([OH])[OH].[O]=[Zr]([OH])[OH]. The average Bonchev–Trinajstić information content (AvgIpc) is 1.25. The van der Waals surface area contributed by atoms with Crippen LogP contribution in [0.1, 0.15) is 5.71 Å². The summed E-state index contributed by atoms with van der Waals surface area (Å²) in [4.78, 5) is 0. The van der Waals surface area contributed by atoms with Crippen molar-refractivity contribution in [1.82, 2.24) is 0 Å². The van der Waals surface area contributed by atoms with Crippen molar-refractivity contribution in [3.05, 3.63) is 0 Å². The minimum absolute atomic E-state index is 0. The van der Waals surface area contributed by atoms with Crippen molar-refractivity contribution >= 4 is 86.6 Å². The molecule has 10 heavy (non-hydrogen) atoms. The first-order valence-electron chi connectivity index (χ1n) is 1.30. The molecule has 0 saturated heterocycles. The van der Waals surface area contributed by atoms with Crippen LogP contribution in [0.3, 0.4) is 0 Å². The van der Waals surface area contributed by atoms with E-state index in [1.54, 1.807) is 0 Å². The van der Waals surface area contributed by atoms with Gasteiger partial charge in [0.1, 0.15) is 0 Å². The summed E-state index contributed by atoms with van der Waals surface area (Å²) in [6, 6.07) is 0. The van der Waals surface area contributed by atoms with E-state index in [2.05, 4.69) is 0 Å². The minimum atomic E-state index is -3.79. The molecule has 0 unspecified atom stereocenters. The van der Waals surface area contributed by atoms with Gasteiger partial charge in [0.25, 0.3) is 0 Å². The van der Waals surface area contributed by atoms with Gasteiger partial charge in [-0.15, -0.1) is 0 Å². The Bertz CT molecular complexity index is 87.8. The van der Waals surface area contributed by atoms with Crippen LogP contribution in [-0.2, 0) is 47.4 Å².